The summed E-state index contributed by atoms with van der Waals surface area (Å²) in [7, 11) is 0. The molecule has 1 amide bonds. The van der Waals surface area contributed by atoms with Gasteiger partial charge in [0.25, 0.3) is 5.91 Å². The maximum absolute atomic E-state index is 12.9. The number of carbonyl (C=O) groups excluding carboxylic acids is 1. The molecule has 2 aromatic carbocycles. The van der Waals surface area contributed by atoms with Crippen LogP contribution in [0.4, 0.5) is 5.69 Å². The Kier molecular flexibility index (Phi) is 6.62. The van der Waals surface area contributed by atoms with E-state index in [1.54, 1.807) is 0 Å². The monoisotopic (exact) mass is 368 g/mol. The van der Waals surface area contributed by atoms with Gasteiger partial charge in [-0.15, -0.1) is 0 Å². The minimum Gasteiger partial charge on any atom is -0.372 e. The van der Waals surface area contributed by atoms with E-state index in [0.29, 0.717) is 5.25 Å². The maximum Gasteiger partial charge on any atom is 0.253 e. The first-order chi connectivity index (χ1) is 12.7. The molecule has 0 bridgehead atoms. The molecule has 1 aliphatic rings. The first-order valence-electron chi connectivity index (χ1n) is 9.53. The number of hydrogen-bond acceptors (Lipinski definition) is 3. The summed E-state index contributed by atoms with van der Waals surface area (Å²) in [6, 6.07) is 18.7. The molecule has 3 rings (SSSR count). The van der Waals surface area contributed by atoms with Gasteiger partial charge in [0.05, 0.1) is 0 Å². The van der Waals surface area contributed by atoms with Gasteiger partial charge in [-0.1, -0.05) is 30.3 Å². The van der Waals surface area contributed by atoms with Crippen LogP contribution in [0.1, 0.15) is 41.4 Å². The lowest BCUT2D eigenvalue weighted by molar-refractivity contribution is 0.0766. The van der Waals surface area contributed by atoms with Crippen LogP contribution in [0.3, 0.4) is 0 Å². The Morgan fingerprint density at radius 2 is 1.73 bits per heavy atom. The lowest BCUT2D eigenvalue weighted by Crippen LogP contribution is -2.33. The maximum atomic E-state index is 12.9. The minimum atomic E-state index is 0.158. The molecule has 1 fully saturated rings. The van der Waals surface area contributed by atoms with Crippen LogP contribution in [0.25, 0.3) is 0 Å². The Labute approximate surface area is 161 Å². The molecule has 1 heterocycles. The van der Waals surface area contributed by atoms with E-state index in [1.165, 1.54) is 11.3 Å². The number of benzene rings is 2. The van der Waals surface area contributed by atoms with Gasteiger partial charge in [0, 0.05) is 48.4 Å². The fourth-order valence-corrected chi connectivity index (χ4v) is 4.73. The lowest BCUT2D eigenvalue weighted by Gasteiger charge is -2.23. The van der Waals surface area contributed by atoms with Gasteiger partial charge in [0.2, 0.25) is 0 Å². The average Bonchev–Trinajstić information content (AvgIpc) is 2.96. The Bertz CT molecular complexity index is 698. The quantitative estimate of drug-likeness (QED) is 0.753. The molecular formula is C22H28N2OS. The molecule has 0 spiro atoms. The van der Waals surface area contributed by atoms with Crippen molar-refractivity contribution in [2.24, 2.45) is 0 Å². The molecule has 2 aromatic rings. The number of thioether (sulfide) groups is 1. The standard InChI is InChI=1S/C22H28N2OS/c1-3-23(4-2)20-12-10-19(11-13-20)22(25)24-15-14-21(26-17-16-24)18-8-6-5-7-9-18/h5-13,21H,3-4,14-17H2,1-2H3. The molecule has 4 heteroatoms. The average molecular weight is 369 g/mol. The highest BCUT2D eigenvalue weighted by molar-refractivity contribution is 7.99. The van der Waals surface area contributed by atoms with Crippen molar-refractivity contribution >= 4 is 23.4 Å². The van der Waals surface area contributed by atoms with Gasteiger partial charge in [-0.25, -0.2) is 0 Å². The molecule has 1 aliphatic heterocycles. The summed E-state index contributed by atoms with van der Waals surface area (Å²) in [5.74, 6) is 1.15. The summed E-state index contributed by atoms with van der Waals surface area (Å²) in [4.78, 5) is 17.2. The van der Waals surface area contributed by atoms with Crippen molar-refractivity contribution in [3.63, 3.8) is 0 Å². The first kappa shape index (κ1) is 18.8. The molecule has 0 aliphatic carbocycles. The van der Waals surface area contributed by atoms with E-state index >= 15 is 0 Å². The van der Waals surface area contributed by atoms with Crippen molar-refractivity contribution in [1.82, 2.24) is 4.90 Å². The second kappa shape index (κ2) is 9.13. The number of nitrogens with zero attached hydrogens (tertiary/aromatic N) is 2. The third-order valence-electron chi connectivity index (χ3n) is 5.04. The molecule has 0 aromatic heterocycles. The number of anilines is 1. The van der Waals surface area contributed by atoms with Crippen LogP contribution in [-0.2, 0) is 0 Å². The number of rotatable bonds is 5. The van der Waals surface area contributed by atoms with Crippen LogP contribution in [0.2, 0.25) is 0 Å². The minimum absolute atomic E-state index is 0.158. The van der Waals surface area contributed by atoms with Crippen molar-refractivity contribution in [3.05, 3.63) is 65.7 Å². The lowest BCUT2D eigenvalue weighted by atomic mass is 10.1. The Morgan fingerprint density at radius 1 is 1.04 bits per heavy atom. The van der Waals surface area contributed by atoms with Crippen LogP contribution in [-0.4, -0.2) is 42.7 Å². The van der Waals surface area contributed by atoms with Gasteiger partial charge in [0.1, 0.15) is 0 Å². The van der Waals surface area contributed by atoms with E-state index in [-0.39, 0.29) is 5.91 Å². The zero-order valence-electron chi connectivity index (χ0n) is 15.7. The van der Waals surface area contributed by atoms with Gasteiger partial charge in [-0.05, 0) is 50.1 Å². The Morgan fingerprint density at radius 3 is 2.38 bits per heavy atom. The van der Waals surface area contributed by atoms with Crippen LogP contribution in [0.15, 0.2) is 54.6 Å². The van der Waals surface area contributed by atoms with Crippen molar-refractivity contribution in [2.45, 2.75) is 25.5 Å². The van der Waals surface area contributed by atoms with Gasteiger partial charge >= 0.3 is 0 Å². The zero-order valence-corrected chi connectivity index (χ0v) is 16.5. The molecule has 26 heavy (non-hydrogen) atoms. The highest BCUT2D eigenvalue weighted by Crippen LogP contribution is 2.34. The predicted molar refractivity (Wildman–Crippen MR) is 112 cm³/mol. The topological polar surface area (TPSA) is 23.6 Å². The Balaban J connectivity index is 1.65. The third kappa shape index (κ3) is 4.42. The summed E-state index contributed by atoms with van der Waals surface area (Å²) < 4.78 is 0. The number of amides is 1. The van der Waals surface area contributed by atoms with E-state index < -0.39 is 0 Å². The van der Waals surface area contributed by atoms with Gasteiger partial charge in [-0.2, -0.15) is 11.8 Å². The Hall–Kier alpha value is -1.94. The summed E-state index contributed by atoms with van der Waals surface area (Å²) in [6.45, 7) is 7.91. The number of hydrogen-bond donors (Lipinski definition) is 0. The van der Waals surface area contributed by atoms with Crippen LogP contribution in [0, 0.1) is 0 Å². The highest BCUT2D eigenvalue weighted by Gasteiger charge is 2.22. The van der Waals surface area contributed by atoms with Gasteiger partial charge in [-0.3, -0.25) is 4.79 Å². The highest BCUT2D eigenvalue weighted by atomic mass is 32.2. The summed E-state index contributed by atoms with van der Waals surface area (Å²) >= 11 is 1.97. The molecule has 0 saturated carbocycles. The molecule has 138 valence electrons. The first-order valence-corrected chi connectivity index (χ1v) is 10.6. The van der Waals surface area contributed by atoms with E-state index in [2.05, 4.69) is 61.2 Å². The van der Waals surface area contributed by atoms with E-state index in [0.717, 1.165) is 43.9 Å². The SMILES string of the molecule is CCN(CC)c1ccc(C(=O)N2CCSC(c3ccccc3)CC2)cc1. The fourth-order valence-electron chi connectivity index (χ4n) is 3.49. The summed E-state index contributed by atoms with van der Waals surface area (Å²) in [5, 5.41) is 0.485. The molecule has 3 nitrogen and oxygen atoms in total. The third-order valence-corrected chi connectivity index (χ3v) is 6.37. The van der Waals surface area contributed by atoms with Crippen molar-refractivity contribution in [1.29, 1.82) is 0 Å². The molecular weight excluding hydrogens is 340 g/mol. The molecule has 0 radical (unpaired) electrons. The fraction of sp³-hybridized carbons (Fsp3) is 0.409. The van der Waals surface area contributed by atoms with Crippen molar-refractivity contribution in [3.8, 4) is 0 Å². The van der Waals surface area contributed by atoms with Crippen LogP contribution >= 0.6 is 11.8 Å². The summed E-state index contributed by atoms with van der Waals surface area (Å²) in [5.41, 5.74) is 3.35. The van der Waals surface area contributed by atoms with E-state index in [1.807, 2.05) is 28.8 Å². The molecule has 0 N–H and O–H groups in total. The largest absolute Gasteiger partial charge is 0.372 e. The number of carbonyl (C=O) groups is 1. The van der Waals surface area contributed by atoms with Crippen LogP contribution < -0.4 is 4.90 Å². The normalized spacial score (nSPS) is 17.6. The van der Waals surface area contributed by atoms with Gasteiger partial charge in [0.15, 0.2) is 0 Å². The molecule has 1 atom stereocenters. The van der Waals surface area contributed by atoms with Crippen LogP contribution in [0.5, 0.6) is 0 Å². The second-order valence-corrected chi connectivity index (χ2v) is 7.88. The zero-order chi connectivity index (χ0) is 18.4. The van der Waals surface area contributed by atoms with E-state index in [4.69, 9.17) is 0 Å². The van der Waals surface area contributed by atoms with Crippen molar-refractivity contribution < 1.29 is 4.79 Å². The summed E-state index contributed by atoms with van der Waals surface area (Å²) in [6.07, 6.45) is 1.01. The van der Waals surface area contributed by atoms with Crippen molar-refractivity contribution in [2.75, 3.05) is 36.8 Å². The van der Waals surface area contributed by atoms with E-state index in [9.17, 15) is 4.79 Å². The van der Waals surface area contributed by atoms with Gasteiger partial charge < -0.3 is 9.80 Å². The second-order valence-electron chi connectivity index (χ2n) is 6.57. The molecule has 1 unspecified atom stereocenters. The predicted octanol–water partition coefficient (Wildman–Crippen LogP) is 4.85. The molecule has 1 saturated heterocycles. The smallest absolute Gasteiger partial charge is 0.253 e.